The molecule has 1 heterocycles. The van der Waals surface area contributed by atoms with Crippen molar-refractivity contribution in [3.63, 3.8) is 0 Å². The van der Waals surface area contributed by atoms with E-state index < -0.39 is 53.9 Å². The average Bonchev–Trinajstić information content (AvgIpc) is 2.37. The van der Waals surface area contributed by atoms with E-state index in [4.69, 9.17) is 9.84 Å². The molecule has 2 amide bonds. The Morgan fingerprint density at radius 3 is 2.27 bits per heavy atom. The van der Waals surface area contributed by atoms with E-state index in [0.29, 0.717) is 0 Å². The predicted molar refractivity (Wildman–Crippen MR) is 73.5 cm³/mol. The van der Waals surface area contributed by atoms with Gasteiger partial charge in [-0.15, -0.1) is 0 Å². The van der Waals surface area contributed by atoms with Gasteiger partial charge in [0.15, 0.2) is 0 Å². The monoisotopic (exact) mass is 316 g/mol. The van der Waals surface area contributed by atoms with E-state index in [1.807, 2.05) is 0 Å². The predicted octanol–water partition coefficient (Wildman–Crippen LogP) is -1.90. The second kappa shape index (κ2) is 7.23. The molecule has 5 atom stereocenters. The van der Waals surface area contributed by atoms with Crippen molar-refractivity contribution in [3.05, 3.63) is 11.8 Å². The Kier molecular flexibility index (Phi) is 5.89. The van der Waals surface area contributed by atoms with Crippen LogP contribution in [0.1, 0.15) is 20.8 Å². The third-order valence-electron chi connectivity index (χ3n) is 3.13. The average molecular weight is 316 g/mol. The van der Waals surface area contributed by atoms with Crippen LogP contribution in [0.2, 0.25) is 0 Å². The van der Waals surface area contributed by atoms with Gasteiger partial charge < -0.3 is 30.7 Å². The van der Waals surface area contributed by atoms with E-state index in [-0.39, 0.29) is 0 Å². The summed E-state index contributed by atoms with van der Waals surface area (Å²) in [6, 6.07) is -2.04. The highest BCUT2D eigenvalue weighted by Crippen LogP contribution is 2.23. The van der Waals surface area contributed by atoms with Crippen molar-refractivity contribution < 1.29 is 34.4 Å². The Hall–Kier alpha value is -2.13. The number of aliphatic hydroxyl groups excluding tert-OH is 2. The molecule has 0 saturated heterocycles. The van der Waals surface area contributed by atoms with Gasteiger partial charge in [0.1, 0.15) is 12.2 Å². The summed E-state index contributed by atoms with van der Waals surface area (Å²) in [5.41, 5.74) is 0. The van der Waals surface area contributed by atoms with Crippen LogP contribution in [-0.2, 0) is 19.1 Å². The second-order valence-corrected chi connectivity index (χ2v) is 5.10. The fraction of sp³-hybridized carbons (Fsp3) is 0.615. The van der Waals surface area contributed by atoms with Gasteiger partial charge in [-0.25, -0.2) is 4.79 Å². The minimum absolute atomic E-state index is 0.475. The Morgan fingerprint density at radius 1 is 1.27 bits per heavy atom. The van der Waals surface area contributed by atoms with E-state index in [0.717, 1.165) is 6.08 Å². The molecule has 1 rings (SSSR count). The molecule has 0 radical (unpaired) electrons. The van der Waals surface area contributed by atoms with Gasteiger partial charge in [-0.05, 0) is 13.0 Å². The summed E-state index contributed by atoms with van der Waals surface area (Å²) < 4.78 is 5.27. The van der Waals surface area contributed by atoms with E-state index in [9.17, 15) is 24.6 Å². The number of hydrogen-bond donors (Lipinski definition) is 5. The number of ether oxygens (including phenoxy) is 1. The standard InChI is InChI=1S/C13H20N2O7/c1-5(16)10(14-6(2)17)12-11(15-7(3)18)8(19)4-9(22-12)13(20)21/h4-5,8,10-12,16,19H,1-3H3,(H,14,17)(H,15,18)(H,20,21)/t5-,8?,10-,11-,12?/m0/s1. The van der Waals surface area contributed by atoms with Crippen molar-refractivity contribution in [1.29, 1.82) is 0 Å². The maximum absolute atomic E-state index is 11.3. The summed E-state index contributed by atoms with van der Waals surface area (Å²) >= 11 is 0. The molecule has 9 nitrogen and oxygen atoms in total. The SMILES string of the molecule is CC(=O)N[C@H]1C(O)C=C(C(=O)O)OC1[C@@H](NC(C)=O)[C@H](C)O. The van der Waals surface area contributed by atoms with Gasteiger partial charge in [0, 0.05) is 13.8 Å². The lowest BCUT2D eigenvalue weighted by atomic mass is 9.92. The van der Waals surface area contributed by atoms with Crippen LogP contribution in [0.4, 0.5) is 0 Å². The zero-order valence-electron chi connectivity index (χ0n) is 12.4. The third kappa shape index (κ3) is 4.43. The van der Waals surface area contributed by atoms with E-state index in [2.05, 4.69) is 10.6 Å². The molecule has 9 heteroatoms. The van der Waals surface area contributed by atoms with Gasteiger partial charge in [0.05, 0.1) is 18.2 Å². The van der Waals surface area contributed by atoms with Gasteiger partial charge in [-0.1, -0.05) is 0 Å². The summed E-state index contributed by atoms with van der Waals surface area (Å²) in [4.78, 5) is 33.6. The van der Waals surface area contributed by atoms with Gasteiger partial charge in [0.25, 0.3) is 0 Å². The molecule has 1 aliphatic rings. The van der Waals surface area contributed by atoms with Crippen LogP contribution in [0.25, 0.3) is 0 Å². The molecule has 0 aromatic carbocycles. The normalized spacial score (nSPS) is 27.0. The summed E-state index contributed by atoms with van der Waals surface area (Å²) in [6.07, 6.45) is -2.65. The largest absolute Gasteiger partial charge is 0.479 e. The summed E-state index contributed by atoms with van der Waals surface area (Å²) in [5, 5.41) is 33.7. The van der Waals surface area contributed by atoms with E-state index >= 15 is 0 Å². The molecular formula is C13H20N2O7. The molecule has 0 aromatic heterocycles. The lowest BCUT2D eigenvalue weighted by Gasteiger charge is -2.39. The van der Waals surface area contributed by atoms with Crippen LogP contribution in [0.3, 0.4) is 0 Å². The third-order valence-corrected chi connectivity index (χ3v) is 3.13. The highest BCUT2D eigenvalue weighted by Gasteiger charge is 2.43. The molecule has 124 valence electrons. The van der Waals surface area contributed by atoms with Gasteiger partial charge in [-0.3, -0.25) is 9.59 Å². The van der Waals surface area contributed by atoms with Crippen molar-refractivity contribution in [3.8, 4) is 0 Å². The van der Waals surface area contributed by atoms with Crippen LogP contribution in [0.15, 0.2) is 11.8 Å². The molecule has 22 heavy (non-hydrogen) atoms. The number of carboxylic acid groups (broad SMARTS) is 1. The summed E-state index contributed by atoms with van der Waals surface area (Å²) in [6.45, 7) is 3.81. The number of hydrogen-bond acceptors (Lipinski definition) is 6. The Labute approximate surface area is 127 Å². The number of amides is 2. The lowest BCUT2D eigenvalue weighted by Crippen LogP contribution is -2.63. The smallest absolute Gasteiger partial charge is 0.370 e. The van der Waals surface area contributed by atoms with Crippen LogP contribution < -0.4 is 10.6 Å². The number of carbonyl (C=O) groups excluding carboxylic acids is 2. The molecule has 1 aliphatic heterocycles. The summed E-state index contributed by atoms with van der Waals surface area (Å²) in [5.74, 6) is -2.87. The minimum Gasteiger partial charge on any atom is -0.479 e. The number of aliphatic hydroxyl groups is 2. The van der Waals surface area contributed by atoms with Crippen molar-refractivity contribution in [2.45, 2.75) is 51.2 Å². The van der Waals surface area contributed by atoms with Crippen LogP contribution in [0.5, 0.6) is 0 Å². The Bertz CT molecular complexity index is 489. The molecule has 0 spiro atoms. The molecule has 0 bridgehead atoms. The first-order chi connectivity index (χ1) is 10.1. The fourth-order valence-corrected chi connectivity index (χ4v) is 2.24. The molecular weight excluding hydrogens is 296 g/mol. The molecule has 0 aliphatic carbocycles. The molecule has 5 N–H and O–H groups in total. The molecule has 0 saturated carbocycles. The number of carbonyl (C=O) groups is 3. The number of rotatable bonds is 5. The second-order valence-electron chi connectivity index (χ2n) is 5.10. The van der Waals surface area contributed by atoms with Crippen LogP contribution in [-0.4, -0.2) is 63.5 Å². The first-order valence-corrected chi connectivity index (χ1v) is 6.65. The lowest BCUT2D eigenvalue weighted by molar-refractivity contribution is -0.142. The number of aliphatic carboxylic acids is 1. The van der Waals surface area contributed by atoms with Crippen molar-refractivity contribution in [1.82, 2.24) is 10.6 Å². The van der Waals surface area contributed by atoms with E-state index in [1.54, 1.807) is 0 Å². The first kappa shape index (κ1) is 17.9. The highest BCUT2D eigenvalue weighted by molar-refractivity contribution is 5.84. The topological polar surface area (TPSA) is 145 Å². The number of nitrogens with one attached hydrogen (secondary N) is 2. The minimum atomic E-state index is -1.41. The first-order valence-electron chi connectivity index (χ1n) is 6.65. The van der Waals surface area contributed by atoms with Crippen LogP contribution in [0, 0.1) is 0 Å². The Morgan fingerprint density at radius 2 is 1.86 bits per heavy atom. The summed E-state index contributed by atoms with van der Waals surface area (Å²) in [7, 11) is 0. The molecule has 0 aromatic rings. The van der Waals surface area contributed by atoms with Crippen LogP contribution >= 0.6 is 0 Å². The van der Waals surface area contributed by atoms with Gasteiger partial charge in [-0.2, -0.15) is 0 Å². The maximum atomic E-state index is 11.3. The Balaban J connectivity index is 3.17. The zero-order chi connectivity index (χ0) is 17.0. The van der Waals surface area contributed by atoms with Gasteiger partial charge in [0.2, 0.25) is 17.6 Å². The van der Waals surface area contributed by atoms with Crippen molar-refractivity contribution in [2.75, 3.05) is 0 Å². The quantitative estimate of drug-likeness (QED) is 0.398. The fourth-order valence-electron chi connectivity index (χ4n) is 2.24. The highest BCUT2D eigenvalue weighted by atomic mass is 16.5. The number of carboxylic acids is 1. The van der Waals surface area contributed by atoms with Crippen molar-refractivity contribution in [2.24, 2.45) is 0 Å². The molecule has 2 unspecified atom stereocenters. The van der Waals surface area contributed by atoms with E-state index in [1.165, 1.54) is 20.8 Å². The van der Waals surface area contributed by atoms with Crippen molar-refractivity contribution >= 4 is 17.8 Å². The van der Waals surface area contributed by atoms with Gasteiger partial charge >= 0.3 is 5.97 Å². The maximum Gasteiger partial charge on any atom is 0.370 e. The molecule has 0 fully saturated rings. The zero-order valence-corrected chi connectivity index (χ0v) is 12.4.